The lowest BCUT2D eigenvalue weighted by atomic mass is 9.82. The Balaban J connectivity index is 2.82. The summed E-state index contributed by atoms with van der Waals surface area (Å²) < 4.78 is 0. The summed E-state index contributed by atoms with van der Waals surface area (Å²) in [5.74, 6) is 0.0740. The van der Waals surface area contributed by atoms with E-state index in [4.69, 9.17) is 0 Å². The molecule has 76 valence electrons. The highest BCUT2D eigenvalue weighted by Crippen LogP contribution is 2.41. The maximum Gasteiger partial charge on any atom is 0.149 e. The SMILES string of the molecule is C=CCC1CCC(C=O)(CC=C)C1=O. The first-order valence-electron chi connectivity index (χ1n) is 4.92. The van der Waals surface area contributed by atoms with Crippen LogP contribution in [0.15, 0.2) is 25.3 Å². The van der Waals surface area contributed by atoms with Crippen LogP contribution in [0.2, 0.25) is 0 Å². The van der Waals surface area contributed by atoms with Crippen molar-refractivity contribution in [3.05, 3.63) is 25.3 Å². The number of aldehydes is 1. The molecule has 0 aromatic heterocycles. The molecule has 1 rings (SSSR count). The number of ketones is 1. The van der Waals surface area contributed by atoms with E-state index >= 15 is 0 Å². The molecule has 0 bridgehead atoms. The van der Waals surface area contributed by atoms with Gasteiger partial charge in [-0.1, -0.05) is 12.2 Å². The lowest BCUT2D eigenvalue weighted by Gasteiger charge is -2.18. The Bertz CT molecular complexity index is 267. The van der Waals surface area contributed by atoms with Crippen LogP contribution < -0.4 is 0 Å². The average molecular weight is 192 g/mol. The molecule has 0 aliphatic heterocycles. The molecule has 0 N–H and O–H groups in total. The van der Waals surface area contributed by atoms with Crippen LogP contribution in [0, 0.1) is 11.3 Å². The molecule has 1 saturated carbocycles. The summed E-state index contributed by atoms with van der Waals surface area (Å²) in [6, 6.07) is 0. The first-order chi connectivity index (χ1) is 6.70. The normalized spacial score (nSPS) is 31.4. The maximum absolute atomic E-state index is 11.9. The van der Waals surface area contributed by atoms with Gasteiger partial charge in [-0.25, -0.2) is 0 Å². The van der Waals surface area contributed by atoms with E-state index < -0.39 is 5.41 Å². The highest BCUT2D eigenvalue weighted by Gasteiger charge is 2.45. The number of allylic oxidation sites excluding steroid dienone is 2. The summed E-state index contributed by atoms with van der Waals surface area (Å²) in [4.78, 5) is 22.9. The van der Waals surface area contributed by atoms with Gasteiger partial charge in [0, 0.05) is 5.92 Å². The molecular formula is C12H16O2. The monoisotopic (exact) mass is 192 g/mol. The summed E-state index contributed by atoms with van der Waals surface area (Å²) >= 11 is 0. The van der Waals surface area contributed by atoms with E-state index in [1.807, 2.05) is 0 Å². The van der Waals surface area contributed by atoms with Gasteiger partial charge in [-0.2, -0.15) is 0 Å². The standard InChI is InChI=1S/C12H16O2/c1-3-5-10-6-8-12(9-13,7-4-2)11(10)14/h3-4,9-10H,1-2,5-8H2. The number of carbonyl (C=O) groups is 2. The van der Waals surface area contributed by atoms with Crippen molar-refractivity contribution in [1.29, 1.82) is 0 Å². The van der Waals surface area contributed by atoms with Crippen LogP contribution in [0.1, 0.15) is 25.7 Å². The molecule has 0 aromatic carbocycles. The molecule has 0 amide bonds. The fourth-order valence-corrected chi connectivity index (χ4v) is 2.14. The lowest BCUT2D eigenvalue weighted by Crippen LogP contribution is -2.29. The van der Waals surface area contributed by atoms with Crippen LogP contribution in [-0.4, -0.2) is 12.1 Å². The largest absolute Gasteiger partial charge is 0.302 e. The minimum Gasteiger partial charge on any atom is -0.302 e. The Morgan fingerprint density at radius 3 is 2.64 bits per heavy atom. The summed E-state index contributed by atoms with van der Waals surface area (Å²) in [5.41, 5.74) is -0.768. The molecule has 1 aliphatic carbocycles. The van der Waals surface area contributed by atoms with Crippen molar-refractivity contribution >= 4 is 12.1 Å². The molecule has 2 nitrogen and oxygen atoms in total. The van der Waals surface area contributed by atoms with Crippen molar-refractivity contribution in [1.82, 2.24) is 0 Å². The number of hydrogen-bond acceptors (Lipinski definition) is 2. The van der Waals surface area contributed by atoms with E-state index in [1.54, 1.807) is 12.2 Å². The van der Waals surface area contributed by atoms with Gasteiger partial charge in [0.2, 0.25) is 0 Å². The van der Waals surface area contributed by atoms with Crippen molar-refractivity contribution < 1.29 is 9.59 Å². The van der Waals surface area contributed by atoms with Gasteiger partial charge in [0.1, 0.15) is 12.1 Å². The molecular weight excluding hydrogens is 176 g/mol. The number of carbonyl (C=O) groups excluding carboxylic acids is 2. The topological polar surface area (TPSA) is 34.1 Å². The first-order valence-corrected chi connectivity index (χ1v) is 4.92. The summed E-state index contributed by atoms with van der Waals surface area (Å²) in [5, 5.41) is 0. The lowest BCUT2D eigenvalue weighted by molar-refractivity contribution is -0.133. The molecule has 2 unspecified atom stereocenters. The zero-order valence-corrected chi connectivity index (χ0v) is 8.37. The van der Waals surface area contributed by atoms with Crippen molar-refractivity contribution in [3.63, 3.8) is 0 Å². The number of rotatable bonds is 5. The van der Waals surface area contributed by atoms with Gasteiger partial charge in [-0.05, 0) is 25.7 Å². The number of hydrogen-bond donors (Lipinski definition) is 0. The van der Waals surface area contributed by atoms with E-state index in [0.29, 0.717) is 19.3 Å². The predicted molar refractivity (Wildman–Crippen MR) is 55.9 cm³/mol. The fraction of sp³-hybridized carbons (Fsp3) is 0.500. The maximum atomic E-state index is 11.9. The summed E-state index contributed by atoms with van der Waals surface area (Å²) in [6.07, 6.45) is 6.84. The highest BCUT2D eigenvalue weighted by atomic mass is 16.1. The summed E-state index contributed by atoms with van der Waals surface area (Å²) in [6.45, 7) is 7.21. The summed E-state index contributed by atoms with van der Waals surface area (Å²) in [7, 11) is 0. The number of Topliss-reactive ketones (excluding diaryl/α,β-unsaturated/α-hetero) is 1. The second kappa shape index (κ2) is 4.36. The van der Waals surface area contributed by atoms with Gasteiger partial charge in [0.25, 0.3) is 0 Å². The zero-order chi connectivity index (χ0) is 10.6. The minimum absolute atomic E-state index is 0.00218. The van der Waals surface area contributed by atoms with Crippen molar-refractivity contribution in [2.24, 2.45) is 11.3 Å². The smallest absolute Gasteiger partial charge is 0.149 e. The third-order valence-corrected chi connectivity index (χ3v) is 2.99. The molecule has 1 aliphatic rings. The van der Waals surface area contributed by atoms with Gasteiger partial charge in [0.15, 0.2) is 0 Å². The van der Waals surface area contributed by atoms with Crippen LogP contribution in [0.5, 0.6) is 0 Å². The predicted octanol–water partition coefficient (Wildman–Crippen LogP) is 2.30. The second-order valence-corrected chi connectivity index (χ2v) is 3.89. The highest BCUT2D eigenvalue weighted by molar-refractivity contribution is 6.01. The van der Waals surface area contributed by atoms with Crippen LogP contribution >= 0.6 is 0 Å². The van der Waals surface area contributed by atoms with E-state index in [2.05, 4.69) is 13.2 Å². The Hall–Kier alpha value is -1.18. The molecule has 2 heteroatoms. The molecule has 1 fully saturated rings. The first kappa shape index (κ1) is 10.9. The van der Waals surface area contributed by atoms with E-state index in [-0.39, 0.29) is 11.7 Å². The van der Waals surface area contributed by atoms with Gasteiger partial charge >= 0.3 is 0 Å². The molecule has 0 heterocycles. The van der Waals surface area contributed by atoms with Crippen molar-refractivity contribution in [2.45, 2.75) is 25.7 Å². The molecule has 0 radical (unpaired) electrons. The van der Waals surface area contributed by atoms with Crippen LogP contribution in [-0.2, 0) is 9.59 Å². The zero-order valence-electron chi connectivity index (χ0n) is 8.37. The quantitative estimate of drug-likeness (QED) is 0.380. The van der Waals surface area contributed by atoms with Gasteiger partial charge in [0.05, 0.1) is 5.41 Å². The molecule has 0 saturated heterocycles. The third kappa shape index (κ3) is 1.69. The molecule has 0 aromatic rings. The molecule has 2 atom stereocenters. The van der Waals surface area contributed by atoms with Crippen molar-refractivity contribution in [3.8, 4) is 0 Å². The van der Waals surface area contributed by atoms with Gasteiger partial charge in [-0.15, -0.1) is 13.2 Å². The van der Waals surface area contributed by atoms with Crippen molar-refractivity contribution in [2.75, 3.05) is 0 Å². The van der Waals surface area contributed by atoms with Crippen LogP contribution in [0.25, 0.3) is 0 Å². The Labute approximate surface area is 84.7 Å². The Kier molecular flexibility index (Phi) is 3.39. The fourth-order valence-electron chi connectivity index (χ4n) is 2.14. The van der Waals surface area contributed by atoms with E-state index in [1.165, 1.54) is 0 Å². The van der Waals surface area contributed by atoms with Gasteiger partial charge in [-0.3, -0.25) is 4.79 Å². The Morgan fingerprint density at radius 2 is 2.14 bits per heavy atom. The van der Waals surface area contributed by atoms with E-state index in [0.717, 1.165) is 12.7 Å². The van der Waals surface area contributed by atoms with Crippen LogP contribution in [0.3, 0.4) is 0 Å². The van der Waals surface area contributed by atoms with Gasteiger partial charge < -0.3 is 4.79 Å². The van der Waals surface area contributed by atoms with E-state index in [9.17, 15) is 9.59 Å². The molecule has 14 heavy (non-hydrogen) atoms. The second-order valence-electron chi connectivity index (χ2n) is 3.89. The van der Waals surface area contributed by atoms with Crippen LogP contribution in [0.4, 0.5) is 0 Å². The minimum atomic E-state index is -0.768. The third-order valence-electron chi connectivity index (χ3n) is 2.99. The average Bonchev–Trinajstić information content (AvgIpc) is 2.48. The Morgan fingerprint density at radius 1 is 1.43 bits per heavy atom. The molecule has 0 spiro atoms.